The molecule has 0 radical (unpaired) electrons. The minimum absolute atomic E-state index is 0.488. The first-order valence-corrected chi connectivity index (χ1v) is 7.32. The number of hydrogen-bond donors (Lipinski definition) is 0. The van der Waals surface area contributed by atoms with E-state index in [9.17, 15) is 0 Å². The average Bonchev–Trinajstić information content (AvgIpc) is 2.87. The molecule has 1 aliphatic carbocycles. The third-order valence-corrected chi connectivity index (χ3v) is 4.93. The Morgan fingerprint density at radius 2 is 2.24 bits per heavy atom. The predicted molar refractivity (Wildman–Crippen MR) is 72.9 cm³/mol. The Balaban J connectivity index is 1.99. The highest BCUT2D eigenvalue weighted by Crippen LogP contribution is 2.38. The van der Waals surface area contributed by atoms with Crippen LogP contribution in [0.5, 0.6) is 0 Å². The molecular weight excluding hydrogens is 250 g/mol. The van der Waals surface area contributed by atoms with E-state index in [0.29, 0.717) is 11.8 Å². The summed E-state index contributed by atoms with van der Waals surface area (Å²) in [5.74, 6) is 1.06. The van der Waals surface area contributed by atoms with Crippen molar-refractivity contribution in [3.05, 3.63) is 51.5 Å². The van der Waals surface area contributed by atoms with E-state index >= 15 is 0 Å². The van der Waals surface area contributed by atoms with Crippen molar-refractivity contribution in [2.75, 3.05) is 0 Å². The first kappa shape index (κ1) is 11.2. The van der Waals surface area contributed by atoms with Gasteiger partial charge in [0.1, 0.15) is 5.01 Å². The largest absolute Gasteiger partial charge is 0.249 e. The van der Waals surface area contributed by atoms with Crippen LogP contribution in [0.3, 0.4) is 0 Å². The highest BCUT2D eigenvalue weighted by Gasteiger charge is 2.23. The average molecular weight is 264 g/mol. The van der Waals surface area contributed by atoms with Crippen molar-refractivity contribution in [3.8, 4) is 0 Å². The number of rotatable bonds is 2. The first-order valence-electron chi connectivity index (χ1n) is 5.97. The Morgan fingerprint density at radius 1 is 1.35 bits per heavy atom. The smallest absolute Gasteiger partial charge is 0.100 e. The molecule has 3 heteroatoms. The Bertz CT molecular complexity index is 520. The van der Waals surface area contributed by atoms with Crippen molar-refractivity contribution in [2.24, 2.45) is 0 Å². The van der Waals surface area contributed by atoms with Crippen LogP contribution in [0.25, 0.3) is 0 Å². The Hall–Kier alpha value is -0.860. The standard InChI is InChI=1S/C14H14ClNS/c15-8-11-9-16-14(17-11)13-7-3-5-10-4-1-2-6-12(10)13/h1-2,4,6,9,13H,3,5,7-8H2. The lowest BCUT2D eigenvalue weighted by molar-refractivity contribution is 0.613. The van der Waals surface area contributed by atoms with Crippen LogP contribution in [-0.4, -0.2) is 4.98 Å². The molecule has 0 aliphatic heterocycles. The molecule has 3 rings (SSSR count). The zero-order valence-electron chi connectivity index (χ0n) is 9.53. The fourth-order valence-corrected chi connectivity index (χ4v) is 3.71. The van der Waals surface area contributed by atoms with E-state index in [2.05, 4.69) is 29.2 Å². The lowest BCUT2D eigenvalue weighted by atomic mass is 9.83. The van der Waals surface area contributed by atoms with E-state index in [-0.39, 0.29) is 0 Å². The molecule has 1 aliphatic rings. The molecule has 1 heterocycles. The van der Waals surface area contributed by atoms with Gasteiger partial charge in [0.15, 0.2) is 0 Å². The van der Waals surface area contributed by atoms with Crippen LogP contribution in [-0.2, 0) is 12.3 Å². The second-order valence-electron chi connectivity index (χ2n) is 4.44. The molecule has 1 unspecified atom stereocenters. The summed E-state index contributed by atoms with van der Waals surface area (Å²) >= 11 is 7.61. The van der Waals surface area contributed by atoms with Gasteiger partial charge >= 0.3 is 0 Å². The lowest BCUT2D eigenvalue weighted by Crippen LogP contribution is -2.10. The van der Waals surface area contributed by atoms with Gasteiger partial charge in [-0.05, 0) is 30.4 Å². The van der Waals surface area contributed by atoms with Crippen LogP contribution in [0.2, 0.25) is 0 Å². The van der Waals surface area contributed by atoms with Crippen molar-refractivity contribution in [3.63, 3.8) is 0 Å². The second-order valence-corrected chi connectivity index (χ2v) is 5.86. The Morgan fingerprint density at radius 3 is 3.06 bits per heavy atom. The number of hydrogen-bond acceptors (Lipinski definition) is 2. The number of alkyl halides is 1. The molecule has 17 heavy (non-hydrogen) atoms. The molecule has 1 atom stereocenters. The number of nitrogens with zero attached hydrogens (tertiary/aromatic N) is 1. The SMILES string of the molecule is ClCc1cnc(C2CCCc3ccccc32)s1. The second kappa shape index (κ2) is 4.79. The van der Waals surface area contributed by atoms with Gasteiger partial charge in [0, 0.05) is 17.0 Å². The van der Waals surface area contributed by atoms with E-state index < -0.39 is 0 Å². The highest BCUT2D eigenvalue weighted by molar-refractivity contribution is 7.11. The number of thiazole rings is 1. The minimum atomic E-state index is 0.488. The molecule has 0 N–H and O–H groups in total. The van der Waals surface area contributed by atoms with Crippen LogP contribution >= 0.6 is 22.9 Å². The van der Waals surface area contributed by atoms with Gasteiger partial charge in [-0.3, -0.25) is 0 Å². The van der Waals surface area contributed by atoms with Crippen molar-refractivity contribution >= 4 is 22.9 Å². The zero-order valence-corrected chi connectivity index (χ0v) is 11.1. The van der Waals surface area contributed by atoms with Gasteiger partial charge in [-0.2, -0.15) is 0 Å². The minimum Gasteiger partial charge on any atom is -0.249 e. The van der Waals surface area contributed by atoms with Crippen molar-refractivity contribution in [1.82, 2.24) is 4.98 Å². The maximum absolute atomic E-state index is 5.85. The summed E-state index contributed by atoms with van der Waals surface area (Å²) in [5.41, 5.74) is 2.96. The molecule has 0 fully saturated rings. The maximum Gasteiger partial charge on any atom is 0.100 e. The van der Waals surface area contributed by atoms with Crippen molar-refractivity contribution < 1.29 is 0 Å². The molecular formula is C14H14ClNS. The summed E-state index contributed by atoms with van der Waals surface area (Å²) in [7, 11) is 0. The molecule has 2 aromatic rings. The summed E-state index contributed by atoms with van der Waals surface area (Å²) in [6.45, 7) is 0. The summed E-state index contributed by atoms with van der Waals surface area (Å²) in [6, 6.07) is 8.76. The van der Waals surface area contributed by atoms with Crippen molar-refractivity contribution in [2.45, 2.75) is 31.1 Å². The van der Waals surface area contributed by atoms with Gasteiger partial charge in [-0.1, -0.05) is 24.3 Å². The van der Waals surface area contributed by atoms with Crippen LogP contribution < -0.4 is 0 Å². The molecule has 0 spiro atoms. The fraction of sp³-hybridized carbons (Fsp3) is 0.357. The maximum atomic E-state index is 5.85. The van der Waals surface area contributed by atoms with Gasteiger partial charge in [-0.25, -0.2) is 4.98 Å². The number of halogens is 1. The molecule has 0 amide bonds. The van der Waals surface area contributed by atoms with Gasteiger partial charge < -0.3 is 0 Å². The van der Waals surface area contributed by atoms with Crippen LogP contribution in [0.1, 0.15) is 39.8 Å². The molecule has 0 saturated heterocycles. The van der Waals surface area contributed by atoms with Gasteiger partial charge in [-0.15, -0.1) is 22.9 Å². The molecule has 1 aromatic carbocycles. The monoisotopic (exact) mass is 263 g/mol. The predicted octanol–water partition coefficient (Wildman–Crippen LogP) is 4.35. The normalized spacial score (nSPS) is 19.0. The van der Waals surface area contributed by atoms with E-state index in [1.165, 1.54) is 40.3 Å². The quantitative estimate of drug-likeness (QED) is 0.734. The summed E-state index contributed by atoms with van der Waals surface area (Å²) < 4.78 is 0. The molecule has 88 valence electrons. The third-order valence-electron chi connectivity index (χ3n) is 3.37. The molecule has 1 nitrogen and oxygen atoms in total. The summed E-state index contributed by atoms with van der Waals surface area (Å²) in [4.78, 5) is 5.71. The lowest BCUT2D eigenvalue weighted by Gasteiger charge is -2.23. The van der Waals surface area contributed by atoms with E-state index in [1.54, 1.807) is 11.3 Å². The molecule has 1 aromatic heterocycles. The van der Waals surface area contributed by atoms with Gasteiger partial charge in [0.25, 0.3) is 0 Å². The van der Waals surface area contributed by atoms with Gasteiger partial charge in [0.2, 0.25) is 0 Å². The first-order chi connectivity index (χ1) is 8.38. The topological polar surface area (TPSA) is 12.9 Å². The number of aryl methyl sites for hydroxylation is 1. The number of aromatic nitrogens is 1. The van der Waals surface area contributed by atoms with Crippen molar-refractivity contribution in [1.29, 1.82) is 0 Å². The van der Waals surface area contributed by atoms with Crippen LogP contribution in [0, 0.1) is 0 Å². The number of fused-ring (bicyclic) bond motifs is 1. The van der Waals surface area contributed by atoms with Crippen LogP contribution in [0.15, 0.2) is 30.5 Å². The Kier molecular flexibility index (Phi) is 3.17. The van der Waals surface area contributed by atoms with E-state index in [0.717, 1.165) is 0 Å². The molecule has 0 bridgehead atoms. The fourth-order valence-electron chi connectivity index (χ4n) is 2.56. The zero-order chi connectivity index (χ0) is 11.7. The van der Waals surface area contributed by atoms with E-state index in [1.807, 2.05) is 6.20 Å². The summed E-state index contributed by atoms with van der Waals surface area (Å²) in [6.07, 6.45) is 5.61. The van der Waals surface area contributed by atoms with Crippen LogP contribution in [0.4, 0.5) is 0 Å². The van der Waals surface area contributed by atoms with E-state index in [4.69, 9.17) is 11.6 Å². The Labute approximate surface area is 110 Å². The summed E-state index contributed by atoms with van der Waals surface area (Å²) in [5, 5.41) is 1.23. The third kappa shape index (κ3) is 2.12. The highest BCUT2D eigenvalue weighted by atomic mass is 35.5. The molecule has 0 saturated carbocycles. The number of benzene rings is 1. The van der Waals surface area contributed by atoms with Gasteiger partial charge in [0.05, 0.1) is 5.88 Å².